The van der Waals surface area contributed by atoms with Crippen LogP contribution in [0.5, 0.6) is 11.5 Å². The van der Waals surface area contributed by atoms with E-state index in [4.69, 9.17) is 9.47 Å². The topological polar surface area (TPSA) is 84.8 Å². The van der Waals surface area contributed by atoms with E-state index in [0.717, 1.165) is 10.8 Å². The molecule has 0 saturated heterocycles. The van der Waals surface area contributed by atoms with E-state index < -0.39 is 22.6 Å². The van der Waals surface area contributed by atoms with Crippen LogP contribution in [0, 0.1) is 11.8 Å². The smallest absolute Gasteiger partial charge is 0.406 e. The van der Waals surface area contributed by atoms with Gasteiger partial charge in [0.15, 0.2) is 9.84 Å². The van der Waals surface area contributed by atoms with Crippen LogP contribution >= 0.6 is 0 Å². The summed E-state index contributed by atoms with van der Waals surface area (Å²) in [6, 6.07) is 9.31. The van der Waals surface area contributed by atoms with Crippen LogP contribution in [0.15, 0.2) is 41.3 Å². The van der Waals surface area contributed by atoms with Gasteiger partial charge in [-0.2, -0.15) is 13.2 Å². The van der Waals surface area contributed by atoms with Crippen molar-refractivity contribution < 1.29 is 31.1 Å². The van der Waals surface area contributed by atoms with Crippen LogP contribution in [0.3, 0.4) is 0 Å². The summed E-state index contributed by atoms with van der Waals surface area (Å²) in [5.41, 5.74) is 1.77. The minimum absolute atomic E-state index is 0.0168. The molecule has 1 atom stereocenters. The first kappa shape index (κ1) is 27.5. The first-order valence-electron chi connectivity index (χ1n) is 11.7. The van der Waals surface area contributed by atoms with Gasteiger partial charge in [-0.15, -0.1) is 0 Å². The first-order valence-corrected chi connectivity index (χ1v) is 13.6. The summed E-state index contributed by atoms with van der Waals surface area (Å²) in [5, 5.41) is 7.04. The molecule has 0 radical (unpaired) electrons. The van der Waals surface area contributed by atoms with Crippen LogP contribution in [0.4, 0.5) is 24.5 Å². The van der Waals surface area contributed by atoms with Gasteiger partial charge in [-0.3, -0.25) is 0 Å². The molecule has 0 bridgehead atoms. The molecule has 0 saturated carbocycles. The molecule has 2 aromatic carbocycles. The molecule has 8 nitrogen and oxygen atoms in total. The molecule has 3 aromatic rings. The molecular weight excluding hydrogens is 521 g/mol. The van der Waals surface area contributed by atoms with E-state index in [2.05, 4.69) is 22.5 Å². The average molecular weight is 551 g/mol. The van der Waals surface area contributed by atoms with Crippen LogP contribution in [-0.2, 0) is 16.4 Å². The molecule has 2 heterocycles. The molecule has 1 aromatic heterocycles. The molecule has 12 heteroatoms. The Kier molecular flexibility index (Phi) is 7.71. The van der Waals surface area contributed by atoms with Gasteiger partial charge in [-0.25, -0.2) is 8.42 Å². The Morgan fingerprint density at radius 2 is 2.00 bits per heavy atom. The number of hydrogen-bond acceptors (Lipinski definition) is 7. The quantitative estimate of drug-likeness (QED) is 0.433. The number of benzene rings is 2. The van der Waals surface area contributed by atoms with Gasteiger partial charge in [0, 0.05) is 24.3 Å². The van der Waals surface area contributed by atoms with Gasteiger partial charge in [-0.1, -0.05) is 5.92 Å². The number of methoxy groups -OCH3 is 1. The molecule has 38 heavy (non-hydrogen) atoms. The van der Waals surface area contributed by atoms with Crippen molar-refractivity contribution in [2.75, 3.05) is 57.8 Å². The van der Waals surface area contributed by atoms with E-state index in [-0.39, 0.29) is 23.2 Å². The number of fused-ring (bicyclic) bond motifs is 3. The summed E-state index contributed by atoms with van der Waals surface area (Å²) in [4.78, 5) is 2.12. The maximum atomic E-state index is 13.5. The lowest BCUT2D eigenvalue weighted by Gasteiger charge is -2.30. The average Bonchev–Trinajstić information content (AvgIpc) is 3.17. The van der Waals surface area contributed by atoms with E-state index in [1.165, 1.54) is 19.2 Å². The summed E-state index contributed by atoms with van der Waals surface area (Å²) in [5.74, 6) is 6.62. The number of likely N-dealkylation sites (N-methyl/N-ethyl adjacent to an activating group) is 1. The van der Waals surface area contributed by atoms with E-state index in [9.17, 15) is 21.6 Å². The third-order valence-electron chi connectivity index (χ3n) is 5.94. The second-order valence-corrected chi connectivity index (χ2v) is 11.3. The zero-order valence-electron chi connectivity index (χ0n) is 21.4. The maximum absolute atomic E-state index is 13.5. The number of nitrogens with zero attached hydrogens (tertiary/aromatic N) is 2. The van der Waals surface area contributed by atoms with E-state index in [1.54, 1.807) is 24.3 Å². The summed E-state index contributed by atoms with van der Waals surface area (Å²) >= 11 is 0. The molecule has 1 unspecified atom stereocenters. The number of hydrogen-bond donors (Lipinski definition) is 2. The Balaban J connectivity index is 1.64. The minimum Gasteiger partial charge on any atom is -0.495 e. The summed E-state index contributed by atoms with van der Waals surface area (Å²) in [7, 11) is 1.88. The molecule has 1 aliphatic heterocycles. The van der Waals surface area contributed by atoms with Crippen molar-refractivity contribution in [2.24, 2.45) is 0 Å². The highest BCUT2D eigenvalue weighted by molar-refractivity contribution is 7.90. The highest BCUT2D eigenvalue weighted by atomic mass is 32.2. The fraction of sp³-hybridized carbons (Fsp3) is 0.385. The van der Waals surface area contributed by atoms with Crippen molar-refractivity contribution in [1.29, 1.82) is 0 Å². The molecule has 2 N–H and O–H groups in total. The fourth-order valence-corrected chi connectivity index (χ4v) is 4.97. The van der Waals surface area contributed by atoms with Gasteiger partial charge in [-0.05, 0) is 50.3 Å². The number of halogens is 3. The molecule has 0 fully saturated rings. The number of alkyl halides is 3. The van der Waals surface area contributed by atoms with Gasteiger partial charge in [0.2, 0.25) is 0 Å². The van der Waals surface area contributed by atoms with Crippen LogP contribution < -0.4 is 20.1 Å². The number of rotatable bonds is 7. The van der Waals surface area contributed by atoms with E-state index in [1.807, 2.05) is 19.0 Å². The van der Waals surface area contributed by atoms with Crippen molar-refractivity contribution in [3.05, 3.63) is 42.1 Å². The van der Waals surface area contributed by atoms with Crippen molar-refractivity contribution in [2.45, 2.75) is 23.7 Å². The molecule has 0 aliphatic carbocycles. The normalized spacial score (nSPS) is 15.3. The predicted octanol–water partition coefficient (Wildman–Crippen LogP) is 3.81. The molecule has 0 amide bonds. The zero-order valence-corrected chi connectivity index (χ0v) is 22.3. The third kappa shape index (κ3) is 6.28. The zero-order chi connectivity index (χ0) is 27.7. The minimum atomic E-state index is -4.44. The molecule has 4 rings (SSSR count). The second-order valence-electron chi connectivity index (χ2n) is 9.31. The molecule has 1 aliphatic rings. The molecule has 0 spiro atoms. The van der Waals surface area contributed by atoms with Gasteiger partial charge in [0.05, 0.1) is 47.2 Å². The number of anilines is 2. The molecular formula is C26H29F3N4O4S. The number of aromatic nitrogens is 1. The lowest BCUT2D eigenvalue weighted by atomic mass is 10.1. The van der Waals surface area contributed by atoms with Crippen molar-refractivity contribution in [3.8, 4) is 23.3 Å². The van der Waals surface area contributed by atoms with Crippen LogP contribution in [-0.4, -0.2) is 77.3 Å². The summed E-state index contributed by atoms with van der Waals surface area (Å²) in [6.07, 6.45) is -3.34. The van der Waals surface area contributed by atoms with Gasteiger partial charge >= 0.3 is 6.18 Å². The largest absolute Gasteiger partial charge is 0.495 e. The Morgan fingerprint density at radius 3 is 2.66 bits per heavy atom. The lowest BCUT2D eigenvalue weighted by molar-refractivity contribution is -0.140. The summed E-state index contributed by atoms with van der Waals surface area (Å²) < 4.78 is 76.4. The SMILES string of the molecule is COc1cc(S(C)(=O)=O)ccc1NCC#Cc1cc2c3c(ccc2n1CC(F)(F)F)OCC(CN(C)C)N3. The van der Waals surface area contributed by atoms with E-state index >= 15 is 0 Å². The van der Waals surface area contributed by atoms with Gasteiger partial charge in [0.1, 0.15) is 24.7 Å². The van der Waals surface area contributed by atoms with Crippen molar-refractivity contribution in [3.63, 3.8) is 0 Å². The van der Waals surface area contributed by atoms with Gasteiger partial charge < -0.3 is 29.6 Å². The Hall–Kier alpha value is -3.56. The Morgan fingerprint density at radius 1 is 1.24 bits per heavy atom. The van der Waals surface area contributed by atoms with Crippen molar-refractivity contribution in [1.82, 2.24) is 9.47 Å². The second kappa shape index (κ2) is 10.7. The monoisotopic (exact) mass is 550 g/mol. The van der Waals surface area contributed by atoms with Crippen LogP contribution in [0.1, 0.15) is 5.69 Å². The van der Waals surface area contributed by atoms with Crippen LogP contribution in [0.2, 0.25) is 0 Å². The number of sulfone groups is 1. The highest BCUT2D eigenvalue weighted by Gasteiger charge is 2.31. The van der Waals surface area contributed by atoms with E-state index in [0.29, 0.717) is 46.9 Å². The first-order chi connectivity index (χ1) is 17.9. The van der Waals surface area contributed by atoms with Gasteiger partial charge in [0.25, 0.3) is 0 Å². The van der Waals surface area contributed by atoms with Crippen molar-refractivity contribution >= 4 is 32.1 Å². The lowest BCUT2D eigenvalue weighted by Crippen LogP contribution is -2.39. The fourth-order valence-electron chi connectivity index (χ4n) is 4.33. The van der Waals surface area contributed by atoms with Crippen LogP contribution in [0.25, 0.3) is 10.9 Å². The number of ether oxygens (including phenoxy) is 2. The number of nitrogens with one attached hydrogen (secondary N) is 2. The highest BCUT2D eigenvalue weighted by Crippen LogP contribution is 2.39. The predicted molar refractivity (Wildman–Crippen MR) is 141 cm³/mol. The summed E-state index contributed by atoms with van der Waals surface area (Å²) in [6.45, 7) is 0.0565. The molecule has 204 valence electrons. The maximum Gasteiger partial charge on any atom is 0.406 e. The standard InChI is InChI=1S/C26H29F3N4O4S/c1-32(2)14-17-15-37-23-10-9-22-20(25(23)31-17)12-18(33(22)16-26(27,28)29)6-5-11-30-21-8-7-19(38(4,34)35)13-24(21)36-3/h7-10,12-13,17,30-31H,11,14-16H2,1-4H3. The Bertz CT molecular complexity index is 1500. The Labute approximate surface area is 219 Å². The third-order valence-corrected chi connectivity index (χ3v) is 7.05.